The third-order valence-electron chi connectivity index (χ3n) is 3.68. The number of nitrogens with two attached hydrogens (primary N) is 2. The molecule has 2 rings (SSSR count). The van der Waals surface area contributed by atoms with Crippen LogP contribution in [0.3, 0.4) is 0 Å². The summed E-state index contributed by atoms with van der Waals surface area (Å²) in [5.74, 6) is 0.735. The third kappa shape index (κ3) is 3.37. The number of rotatable bonds is 6. The highest BCUT2D eigenvalue weighted by Crippen LogP contribution is 2.26. The van der Waals surface area contributed by atoms with Crippen LogP contribution < -0.4 is 11.5 Å². The van der Waals surface area contributed by atoms with Crippen molar-refractivity contribution in [3.05, 3.63) is 11.3 Å². The molecule has 0 unspecified atom stereocenters. The van der Waals surface area contributed by atoms with Gasteiger partial charge >= 0.3 is 0 Å². The fourth-order valence-corrected chi connectivity index (χ4v) is 2.51. The summed E-state index contributed by atoms with van der Waals surface area (Å²) in [5.41, 5.74) is 13.0. The van der Waals surface area contributed by atoms with Crippen LogP contribution in [0.25, 0.3) is 0 Å². The number of anilines is 2. The van der Waals surface area contributed by atoms with Gasteiger partial charge in [-0.3, -0.25) is 4.79 Å². The lowest BCUT2D eigenvalue weighted by atomic mass is 10.1. The number of nitrogen functional groups attached to an aromatic ring is 2. The van der Waals surface area contributed by atoms with Gasteiger partial charge in [0.15, 0.2) is 0 Å². The number of fused-ring (bicyclic) bond motifs is 1. The van der Waals surface area contributed by atoms with E-state index in [2.05, 4.69) is 16.9 Å². The summed E-state index contributed by atoms with van der Waals surface area (Å²) >= 11 is 0. The van der Waals surface area contributed by atoms with Crippen molar-refractivity contribution >= 4 is 17.7 Å². The second-order valence-corrected chi connectivity index (χ2v) is 5.31. The Hall–Kier alpha value is -1.85. The summed E-state index contributed by atoms with van der Waals surface area (Å²) in [5, 5.41) is 0. The molecule has 1 amide bonds. The summed E-state index contributed by atoms with van der Waals surface area (Å²) in [4.78, 5) is 22.0. The zero-order chi connectivity index (χ0) is 14.5. The zero-order valence-electron chi connectivity index (χ0n) is 12.1. The van der Waals surface area contributed by atoms with E-state index in [0.29, 0.717) is 25.3 Å². The van der Waals surface area contributed by atoms with Crippen molar-refractivity contribution in [3.63, 3.8) is 0 Å². The summed E-state index contributed by atoms with van der Waals surface area (Å²) in [6.45, 7) is 3.19. The van der Waals surface area contributed by atoms with E-state index in [9.17, 15) is 4.79 Å². The first-order valence-corrected chi connectivity index (χ1v) is 7.30. The third-order valence-corrected chi connectivity index (χ3v) is 3.68. The second kappa shape index (κ2) is 6.54. The summed E-state index contributed by atoms with van der Waals surface area (Å²) in [7, 11) is 0. The second-order valence-electron chi connectivity index (χ2n) is 5.31. The summed E-state index contributed by atoms with van der Waals surface area (Å²) in [6.07, 6.45) is 6.34. The molecule has 1 aromatic heterocycles. The largest absolute Gasteiger partial charge is 0.383 e. The standard InChI is InChI=1S/C14H23N5O/c1-2-3-4-5-6-7-12(20)19-8-10-11(9-19)17-14(16)18-13(10)15/h2-9H2,1H3,(H4,15,16,17,18). The molecule has 0 aromatic carbocycles. The van der Waals surface area contributed by atoms with E-state index in [4.69, 9.17) is 11.5 Å². The molecule has 0 bridgehead atoms. The Labute approximate surface area is 119 Å². The van der Waals surface area contributed by atoms with E-state index < -0.39 is 0 Å². The van der Waals surface area contributed by atoms with E-state index in [-0.39, 0.29) is 11.9 Å². The molecule has 110 valence electrons. The van der Waals surface area contributed by atoms with Gasteiger partial charge in [-0.15, -0.1) is 0 Å². The van der Waals surface area contributed by atoms with Crippen LogP contribution in [0.4, 0.5) is 11.8 Å². The lowest BCUT2D eigenvalue weighted by molar-refractivity contribution is -0.131. The van der Waals surface area contributed by atoms with E-state index in [1.54, 1.807) is 4.90 Å². The van der Waals surface area contributed by atoms with Crippen molar-refractivity contribution in [1.29, 1.82) is 0 Å². The highest BCUT2D eigenvalue weighted by molar-refractivity contribution is 5.77. The van der Waals surface area contributed by atoms with Crippen molar-refractivity contribution in [2.75, 3.05) is 11.5 Å². The van der Waals surface area contributed by atoms with E-state index >= 15 is 0 Å². The van der Waals surface area contributed by atoms with Crippen LogP contribution in [-0.4, -0.2) is 20.8 Å². The Kier molecular flexibility index (Phi) is 4.76. The molecular weight excluding hydrogens is 254 g/mol. The fraction of sp³-hybridized carbons (Fsp3) is 0.643. The molecule has 0 atom stereocenters. The van der Waals surface area contributed by atoms with Crippen LogP contribution in [-0.2, 0) is 17.9 Å². The smallest absolute Gasteiger partial charge is 0.223 e. The molecule has 0 saturated carbocycles. The monoisotopic (exact) mass is 277 g/mol. The molecule has 0 radical (unpaired) electrons. The topological polar surface area (TPSA) is 98.1 Å². The maximum Gasteiger partial charge on any atom is 0.223 e. The molecule has 0 saturated heterocycles. The Morgan fingerprint density at radius 1 is 1.15 bits per heavy atom. The minimum Gasteiger partial charge on any atom is -0.383 e. The molecule has 0 fully saturated rings. The normalized spacial score (nSPS) is 13.6. The number of hydrogen-bond donors (Lipinski definition) is 2. The SMILES string of the molecule is CCCCCCCC(=O)N1Cc2nc(N)nc(N)c2C1. The molecule has 6 heteroatoms. The van der Waals surface area contributed by atoms with Gasteiger partial charge in [0.1, 0.15) is 5.82 Å². The van der Waals surface area contributed by atoms with Crippen molar-refractivity contribution in [3.8, 4) is 0 Å². The Morgan fingerprint density at radius 3 is 2.65 bits per heavy atom. The van der Waals surface area contributed by atoms with Crippen LogP contribution in [0.5, 0.6) is 0 Å². The predicted octanol–water partition coefficient (Wildman–Crippen LogP) is 1.84. The van der Waals surface area contributed by atoms with Crippen molar-refractivity contribution < 1.29 is 4.79 Å². The number of hydrogen-bond acceptors (Lipinski definition) is 5. The first-order valence-electron chi connectivity index (χ1n) is 7.30. The molecule has 0 spiro atoms. The van der Waals surface area contributed by atoms with Crippen LogP contribution in [0.1, 0.15) is 56.7 Å². The number of aromatic nitrogens is 2. The molecule has 1 aliphatic rings. The van der Waals surface area contributed by atoms with Gasteiger partial charge in [-0.1, -0.05) is 32.6 Å². The van der Waals surface area contributed by atoms with Gasteiger partial charge < -0.3 is 16.4 Å². The minimum atomic E-state index is 0.164. The lowest BCUT2D eigenvalue weighted by Crippen LogP contribution is -2.25. The minimum absolute atomic E-state index is 0.164. The van der Waals surface area contributed by atoms with Crippen LogP contribution in [0.15, 0.2) is 0 Å². The van der Waals surface area contributed by atoms with Crippen molar-refractivity contribution in [1.82, 2.24) is 14.9 Å². The van der Waals surface area contributed by atoms with Gasteiger partial charge in [0, 0.05) is 12.0 Å². The number of amides is 1. The molecule has 20 heavy (non-hydrogen) atoms. The van der Waals surface area contributed by atoms with Gasteiger partial charge in [-0.2, -0.15) is 4.98 Å². The van der Waals surface area contributed by atoms with Crippen LogP contribution in [0.2, 0.25) is 0 Å². The maximum atomic E-state index is 12.1. The Balaban J connectivity index is 1.84. The molecule has 6 nitrogen and oxygen atoms in total. The van der Waals surface area contributed by atoms with E-state index in [1.807, 2.05) is 0 Å². The Morgan fingerprint density at radius 2 is 1.90 bits per heavy atom. The molecule has 2 heterocycles. The molecular formula is C14H23N5O. The van der Waals surface area contributed by atoms with Gasteiger partial charge in [-0.05, 0) is 6.42 Å². The van der Waals surface area contributed by atoms with E-state index in [1.165, 1.54) is 19.3 Å². The van der Waals surface area contributed by atoms with Gasteiger partial charge in [-0.25, -0.2) is 4.98 Å². The van der Waals surface area contributed by atoms with Gasteiger partial charge in [0.25, 0.3) is 0 Å². The number of carbonyl (C=O) groups is 1. The summed E-state index contributed by atoms with van der Waals surface area (Å²) in [6, 6.07) is 0. The zero-order valence-corrected chi connectivity index (χ0v) is 12.1. The average molecular weight is 277 g/mol. The number of nitrogens with zero attached hydrogens (tertiary/aromatic N) is 3. The molecule has 4 N–H and O–H groups in total. The van der Waals surface area contributed by atoms with Gasteiger partial charge in [0.2, 0.25) is 11.9 Å². The molecule has 1 aromatic rings. The molecule has 1 aliphatic heterocycles. The fourth-order valence-electron chi connectivity index (χ4n) is 2.51. The lowest BCUT2D eigenvalue weighted by Gasteiger charge is -2.14. The average Bonchev–Trinajstić information content (AvgIpc) is 2.82. The first-order chi connectivity index (χ1) is 9.61. The number of carbonyl (C=O) groups excluding carboxylic acids is 1. The van der Waals surface area contributed by atoms with Crippen LogP contribution >= 0.6 is 0 Å². The quantitative estimate of drug-likeness (QED) is 0.773. The first kappa shape index (κ1) is 14.6. The van der Waals surface area contributed by atoms with Crippen LogP contribution in [0, 0.1) is 0 Å². The Bertz CT molecular complexity index is 489. The summed E-state index contributed by atoms with van der Waals surface area (Å²) < 4.78 is 0. The molecule has 0 aliphatic carbocycles. The van der Waals surface area contributed by atoms with Crippen molar-refractivity contribution in [2.24, 2.45) is 0 Å². The number of unbranched alkanes of at least 4 members (excludes halogenated alkanes) is 4. The predicted molar refractivity (Wildman–Crippen MR) is 78.5 cm³/mol. The highest BCUT2D eigenvalue weighted by Gasteiger charge is 2.26. The van der Waals surface area contributed by atoms with Crippen molar-refractivity contribution in [2.45, 2.75) is 58.5 Å². The van der Waals surface area contributed by atoms with Gasteiger partial charge in [0.05, 0.1) is 18.8 Å². The highest BCUT2D eigenvalue weighted by atomic mass is 16.2. The maximum absolute atomic E-state index is 12.1. The van der Waals surface area contributed by atoms with E-state index in [0.717, 1.165) is 24.1 Å².